The summed E-state index contributed by atoms with van der Waals surface area (Å²) in [6, 6.07) is -1.54. The third-order valence-electron chi connectivity index (χ3n) is 2.02. The molecule has 0 aliphatic carbocycles. The number of carboxylic acids is 4. The summed E-state index contributed by atoms with van der Waals surface area (Å²) in [6.07, 6.45) is -0.960. The molecular weight excluding hydrogens is 306 g/mol. The molecule has 0 radical (unpaired) electrons. The molecule has 0 aliphatic rings. The number of aliphatic carboxylic acids is 4. The van der Waals surface area contributed by atoms with Gasteiger partial charge >= 0.3 is 29.0 Å². The Hall–Kier alpha value is -1.64. The first-order valence-electron chi connectivity index (χ1n) is 4.82. The van der Waals surface area contributed by atoms with Gasteiger partial charge < -0.3 is 30.0 Å². The molecule has 0 unspecified atom stereocenters. The van der Waals surface area contributed by atoms with Gasteiger partial charge in [0.1, 0.15) is 6.04 Å². The molecule has 0 rings (SSSR count). The molecule has 19 heavy (non-hydrogen) atoms. The van der Waals surface area contributed by atoms with E-state index in [4.69, 9.17) is 10.2 Å². The van der Waals surface area contributed by atoms with Gasteiger partial charge in [0.2, 0.25) is 0 Å². The average Bonchev–Trinajstić information content (AvgIpc) is 2.14. The fourth-order valence-electron chi connectivity index (χ4n) is 1.33. The Bertz CT molecular complexity index is 342. The standard InChI is InChI=1S/C9H13NO8.Fe/c11-6(12)2-1-5(9(17)18)10(3-7(13)14)4-8(15)16;/h5H,1-4H2,(H,11,12)(H,13,14)(H,15,16)(H,17,18);/q;+2/p-2/t5-;/m0./s1. The van der Waals surface area contributed by atoms with Crippen molar-refractivity contribution in [2.45, 2.75) is 18.9 Å². The summed E-state index contributed by atoms with van der Waals surface area (Å²) >= 11 is 0. The topological polar surface area (TPSA) is 158 Å². The van der Waals surface area contributed by atoms with Crippen LogP contribution in [0.1, 0.15) is 12.8 Å². The van der Waals surface area contributed by atoms with Crippen LogP contribution in [0.5, 0.6) is 0 Å². The summed E-state index contributed by atoms with van der Waals surface area (Å²) in [6.45, 7) is -1.88. The summed E-state index contributed by atoms with van der Waals surface area (Å²) in [5, 5.41) is 38.0. The summed E-state index contributed by atoms with van der Waals surface area (Å²) in [5.41, 5.74) is 0. The van der Waals surface area contributed by atoms with Gasteiger partial charge in [-0.1, -0.05) is 0 Å². The third-order valence-corrected chi connectivity index (χ3v) is 2.02. The van der Waals surface area contributed by atoms with Crippen molar-refractivity contribution < 1.29 is 56.7 Å². The van der Waals surface area contributed by atoms with Crippen molar-refractivity contribution in [1.82, 2.24) is 4.90 Å². The molecule has 0 aromatic heterocycles. The van der Waals surface area contributed by atoms with Gasteiger partial charge in [0.15, 0.2) is 0 Å². The SMILES string of the molecule is O=C([O-])CN(CC(=O)[O-])[C@@H](CCC(=O)O)C(=O)O.[Fe+2]. The molecule has 0 bridgehead atoms. The Morgan fingerprint density at radius 2 is 1.42 bits per heavy atom. The molecule has 2 N–H and O–H groups in total. The molecule has 0 aromatic rings. The van der Waals surface area contributed by atoms with Crippen LogP contribution in [-0.4, -0.2) is 58.1 Å². The number of hydrogen-bond donors (Lipinski definition) is 2. The molecule has 0 aliphatic heterocycles. The van der Waals surface area contributed by atoms with E-state index in [1.54, 1.807) is 0 Å². The summed E-state index contributed by atoms with van der Waals surface area (Å²) in [7, 11) is 0. The first-order chi connectivity index (χ1) is 8.23. The van der Waals surface area contributed by atoms with Gasteiger partial charge in [0.05, 0.1) is 11.9 Å². The van der Waals surface area contributed by atoms with Crippen molar-refractivity contribution in [1.29, 1.82) is 0 Å². The number of nitrogens with zero attached hydrogens (tertiary/aromatic N) is 1. The van der Waals surface area contributed by atoms with Crippen LogP contribution in [-0.2, 0) is 36.2 Å². The molecule has 108 valence electrons. The molecule has 0 spiro atoms. The fourth-order valence-corrected chi connectivity index (χ4v) is 1.33. The van der Waals surface area contributed by atoms with Gasteiger partial charge in [0, 0.05) is 19.5 Å². The average molecular weight is 317 g/mol. The minimum absolute atomic E-state index is 0. The van der Waals surface area contributed by atoms with Crippen molar-refractivity contribution in [2.75, 3.05) is 13.1 Å². The normalized spacial score (nSPS) is 11.4. The molecule has 0 amide bonds. The van der Waals surface area contributed by atoms with E-state index in [1.165, 1.54) is 0 Å². The van der Waals surface area contributed by atoms with E-state index in [0.29, 0.717) is 4.90 Å². The molecule has 0 saturated heterocycles. The van der Waals surface area contributed by atoms with Crippen LogP contribution in [0.3, 0.4) is 0 Å². The second-order valence-corrected chi connectivity index (χ2v) is 3.44. The molecule has 10 heteroatoms. The van der Waals surface area contributed by atoms with Crippen molar-refractivity contribution >= 4 is 23.9 Å². The van der Waals surface area contributed by atoms with Crippen LogP contribution in [0.2, 0.25) is 0 Å². The van der Waals surface area contributed by atoms with Gasteiger partial charge in [0.25, 0.3) is 0 Å². The van der Waals surface area contributed by atoms with E-state index in [-0.39, 0.29) is 17.1 Å². The first-order valence-corrected chi connectivity index (χ1v) is 4.82. The van der Waals surface area contributed by atoms with Crippen LogP contribution >= 0.6 is 0 Å². The number of carbonyl (C=O) groups excluding carboxylic acids is 2. The van der Waals surface area contributed by atoms with E-state index >= 15 is 0 Å². The van der Waals surface area contributed by atoms with Gasteiger partial charge in [-0.3, -0.25) is 14.5 Å². The zero-order valence-corrected chi connectivity index (χ0v) is 10.7. The smallest absolute Gasteiger partial charge is 0.549 e. The van der Waals surface area contributed by atoms with Crippen LogP contribution in [0.15, 0.2) is 0 Å². The zero-order chi connectivity index (χ0) is 14.3. The Morgan fingerprint density at radius 3 is 1.68 bits per heavy atom. The first kappa shape index (κ1) is 19.7. The second kappa shape index (κ2) is 9.31. The number of rotatable bonds is 9. The van der Waals surface area contributed by atoms with Crippen molar-refractivity contribution in [2.24, 2.45) is 0 Å². The van der Waals surface area contributed by atoms with Crippen molar-refractivity contribution in [3.8, 4) is 0 Å². The van der Waals surface area contributed by atoms with E-state index in [2.05, 4.69) is 0 Å². The monoisotopic (exact) mass is 317 g/mol. The van der Waals surface area contributed by atoms with Gasteiger partial charge in [-0.25, -0.2) is 0 Å². The van der Waals surface area contributed by atoms with Gasteiger partial charge in [-0.05, 0) is 6.42 Å². The number of hydrogen-bond acceptors (Lipinski definition) is 7. The third kappa shape index (κ3) is 9.00. The molecule has 0 aromatic carbocycles. The zero-order valence-electron chi connectivity index (χ0n) is 9.55. The van der Waals surface area contributed by atoms with Gasteiger partial charge in [-0.15, -0.1) is 0 Å². The van der Waals surface area contributed by atoms with E-state index in [1.807, 2.05) is 0 Å². The summed E-state index contributed by atoms with van der Waals surface area (Å²) in [4.78, 5) is 42.5. The number of carbonyl (C=O) groups is 4. The van der Waals surface area contributed by atoms with E-state index in [9.17, 15) is 29.4 Å². The van der Waals surface area contributed by atoms with Crippen molar-refractivity contribution in [3.63, 3.8) is 0 Å². The van der Waals surface area contributed by atoms with Crippen LogP contribution < -0.4 is 10.2 Å². The summed E-state index contributed by atoms with van der Waals surface area (Å²) < 4.78 is 0. The Morgan fingerprint density at radius 1 is 1.00 bits per heavy atom. The maximum atomic E-state index is 10.9. The molecule has 9 nitrogen and oxygen atoms in total. The molecular formula is C9H11FeNO8. The quantitative estimate of drug-likeness (QED) is 0.405. The molecule has 0 saturated carbocycles. The van der Waals surface area contributed by atoms with E-state index < -0.39 is 55.9 Å². The minimum atomic E-state index is -1.67. The summed E-state index contributed by atoms with van der Waals surface area (Å²) in [5.74, 6) is -6.13. The minimum Gasteiger partial charge on any atom is -0.549 e. The predicted octanol–water partition coefficient (Wildman–Crippen LogP) is -3.90. The van der Waals surface area contributed by atoms with Crippen LogP contribution in [0.4, 0.5) is 0 Å². The van der Waals surface area contributed by atoms with Crippen molar-refractivity contribution in [3.05, 3.63) is 0 Å². The van der Waals surface area contributed by atoms with Crippen LogP contribution in [0, 0.1) is 0 Å². The van der Waals surface area contributed by atoms with Gasteiger partial charge in [-0.2, -0.15) is 0 Å². The van der Waals surface area contributed by atoms with E-state index in [0.717, 1.165) is 0 Å². The Labute approximate surface area is 118 Å². The molecule has 0 fully saturated rings. The van der Waals surface area contributed by atoms with Crippen LogP contribution in [0.25, 0.3) is 0 Å². The Balaban J connectivity index is 0. The Kier molecular flexibility index (Phi) is 9.65. The fraction of sp³-hybridized carbons (Fsp3) is 0.556. The number of carboxylic acid groups (broad SMARTS) is 4. The predicted molar refractivity (Wildman–Crippen MR) is 49.9 cm³/mol. The maximum Gasteiger partial charge on any atom is 2.00 e. The molecule has 1 atom stereocenters. The second-order valence-electron chi connectivity index (χ2n) is 3.44. The maximum absolute atomic E-state index is 10.9. The largest absolute Gasteiger partial charge is 2.00 e. The molecule has 0 heterocycles.